The van der Waals surface area contributed by atoms with Crippen LogP contribution < -0.4 is 5.32 Å². The molecule has 0 bridgehead atoms. The summed E-state index contributed by atoms with van der Waals surface area (Å²) in [6.45, 7) is 3.11. The van der Waals surface area contributed by atoms with Gasteiger partial charge in [0.15, 0.2) is 0 Å². The van der Waals surface area contributed by atoms with E-state index in [4.69, 9.17) is 0 Å². The van der Waals surface area contributed by atoms with Gasteiger partial charge in [-0.1, -0.05) is 24.3 Å². The van der Waals surface area contributed by atoms with Crippen LogP contribution in [-0.4, -0.2) is 12.6 Å². The van der Waals surface area contributed by atoms with E-state index in [1.807, 2.05) is 0 Å². The smallest absolute Gasteiger partial charge is 0.0139 e. The summed E-state index contributed by atoms with van der Waals surface area (Å²) in [6, 6.07) is 0.768. The fourth-order valence-corrected chi connectivity index (χ4v) is 2.28. The normalized spacial score (nSPS) is 38.6. The third-order valence-corrected chi connectivity index (χ3v) is 3.10. The number of rotatable bonds is 3. The van der Waals surface area contributed by atoms with E-state index in [0.717, 1.165) is 24.4 Å². The molecule has 2 aliphatic carbocycles. The van der Waals surface area contributed by atoms with Crippen LogP contribution in [0.15, 0.2) is 24.3 Å². The number of allylic oxidation sites excluding steroid dienone is 2. The fraction of sp³-hybridized carbons (Fsp3) is 0.636. The Morgan fingerprint density at radius 2 is 2.50 bits per heavy atom. The highest BCUT2D eigenvalue weighted by Gasteiger charge is 2.40. The standard InChI is InChI=1S/C11H17N/c1-2-3-7-12-11-8-9-5-4-6-10(9)11/h2-4,6,9-12H,5,7-8H2,1H3/b3-2+. The first-order chi connectivity index (χ1) is 5.92. The second kappa shape index (κ2) is 3.44. The van der Waals surface area contributed by atoms with Crippen molar-refractivity contribution in [2.45, 2.75) is 25.8 Å². The molecule has 1 nitrogen and oxygen atoms in total. The predicted molar refractivity (Wildman–Crippen MR) is 52.0 cm³/mol. The van der Waals surface area contributed by atoms with Gasteiger partial charge in [-0.25, -0.2) is 0 Å². The van der Waals surface area contributed by atoms with E-state index in [1.54, 1.807) is 0 Å². The highest BCUT2D eigenvalue weighted by atomic mass is 14.9. The van der Waals surface area contributed by atoms with Crippen LogP contribution in [0.5, 0.6) is 0 Å². The Labute approximate surface area is 74.5 Å². The average Bonchev–Trinajstić information content (AvgIpc) is 2.41. The number of hydrogen-bond donors (Lipinski definition) is 1. The second-order valence-electron chi connectivity index (χ2n) is 3.82. The SMILES string of the molecule is C/C=C/CNC1CC2CC=CC21. The maximum atomic E-state index is 3.55. The first kappa shape index (κ1) is 8.06. The van der Waals surface area contributed by atoms with Crippen LogP contribution in [0.25, 0.3) is 0 Å². The zero-order chi connectivity index (χ0) is 8.39. The van der Waals surface area contributed by atoms with Crippen LogP contribution in [0, 0.1) is 11.8 Å². The molecular weight excluding hydrogens is 146 g/mol. The summed E-state index contributed by atoms with van der Waals surface area (Å²) >= 11 is 0. The summed E-state index contributed by atoms with van der Waals surface area (Å²) in [7, 11) is 0. The van der Waals surface area contributed by atoms with Crippen LogP contribution in [0.4, 0.5) is 0 Å². The van der Waals surface area contributed by atoms with Gasteiger partial charge in [-0.3, -0.25) is 0 Å². The van der Waals surface area contributed by atoms with Gasteiger partial charge in [-0.05, 0) is 31.6 Å². The molecule has 3 unspecified atom stereocenters. The Morgan fingerprint density at radius 1 is 1.58 bits per heavy atom. The van der Waals surface area contributed by atoms with Crippen LogP contribution in [0.3, 0.4) is 0 Å². The average molecular weight is 163 g/mol. The molecule has 1 N–H and O–H groups in total. The molecule has 3 atom stereocenters. The third kappa shape index (κ3) is 1.34. The van der Waals surface area contributed by atoms with Crippen molar-refractivity contribution in [3.05, 3.63) is 24.3 Å². The molecule has 1 fully saturated rings. The van der Waals surface area contributed by atoms with Crippen molar-refractivity contribution < 1.29 is 0 Å². The van der Waals surface area contributed by atoms with Gasteiger partial charge >= 0.3 is 0 Å². The lowest BCUT2D eigenvalue weighted by Gasteiger charge is -2.40. The van der Waals surface area contributed by atoms with Gasteiger partial charge in [0.2, 0.25) is 0 Å². The molecule has 0 heterocycles. The second-order valence-corrected chi connectivity index (χ2v) is 3.82. The van der Waals surface area contributed by atoms with E-state index < -0.39 is 0 Å². The minimum atomic E-state index is 0.768. The molecule has 0 amide bonds. The summed E-state index contributed by atoms with van der Waals surface area (Å²) < 4.78 is 0. The van der Waals surface area contributed by atoms with Crippen LogP contribution in [0.1, 0.15) is 19.8 Å². The first-order valence-electron chi connectivity index (χ1n) is 4.93. The highest BCUT2D eigenvalue weighted by Crippen LogP contribution is 2.42. The van der Waals surface area contributed by atoms with Crippen molar-refractivity contribution in [3.8, 4) is 0 Å². The van der Waals surface area contributed by atoms with Gasteiger partial charge < -0.3 is 5.32 Å². The molecule has 0 radical (unpaired) electrons. The Morgan fingerprint density at radius 3 is 3.25 bits per heavy atom. The van der Waals surface area contributed by atoms with E-state index in [1.165, 1.54) is 12.8 Å². The van der Waals surface area contributed by atoms with Gasteiger partial charge in [0.05, 0.1) is 0 Å². The van der Waals surface area contributed by atoms with Crippen LogP contribution in [0.2, 0.25) is 0 Å². The largest absolute Gasteiger partial charge is 0.310 e. The Balaban J connectivity index is 1.73. The molecular formula is C11H17N. The lowest BCUT2D eigenvalue weighted by atomic mass is 9.71. The molecule has 1 saturated carbocycles. The van der Waals surface area contributed by atoms with E-state index in [-0.39, 0.29) is 0 Å². The molecule has 0 aromatic rings. The van der Waals surface area contributed by atoms with Gasteiger partial charge in [0.1, 0.15) is 0 Å². The molecule has 12 heavy (non-hydrogen) atoms. The summed E-state index contributed by atoms with van der Waals surface area (Å²) in [5, 5.41) is 3.55. The van der Waals surface area contributed by atoms with Crippen molar-refractivity contribution in [1.82, 2.24) is 5.32 Å². The van der Waals surface area contributed by atoms with Crippen LogP contribution >= 0.6 is 0 Å². The van der Waals surface area contributed by atoms with Crippen molar-refractivity contribution in [3.63, 3.8) is 0 Å². The Kier molecular flexibility index (Phi) is 2.31. The van der Waals surface area contributed by atoms with Gasteiger partial charge in [0.25, 0.3) is 0 Å². The zero-order valence-electron chi connectivity index (χ0n) is 7.66. The highest BCUT2D eigenvalue weighted by molar-refractivity contribution is 5.13. The summed E-state index contributed by atoms with van der Waals surface area (Å²) in [4.78, 5) is 0. The monoisotopic (exact) mass is 163 g/mol. The molecule has 1 heteroatoms. The van der Waals surface area contributed by atoms with Gasteiger partial charge in [0, 0.05) is 12.6 Å². The van der Waals surface area contributed by atoms with Crippen molar-refractivity contribution >= 4 is 0 Å². The Bertz CT molecular complexity index is 205. The molecule has 0 spiro atoms. The summed E-state index contributed by atoms with van der Waals surface area (Å²) in [6.07, 6.45) is 11.7. The number of hydrogen-bond acceptors (Lipinski definition) is 1. The molecule has 66 valence electrons. The molecule has 0 saturated heterocycles. The van der Waals surface area contributed by atoms with Gasteiger partial charge in [-0.15, -0.1) is 0 Å². The van der Waals surface area contributed by atoms with Crippen molar-refractivity contribution in [2.75, 3.05) is 6.54 Å². The van der Waals surface area contributed by atoms with Crippen molar-refractivity contribution in [1.29, 1.82) is 0 Å². The third-order valence-electron chi connectivity index (χ3n) is 3.10. The predicted octanol–water partition coefficient (Wildman–Crippen LogP) is 2.12. The fourth-order valence-electron chi connectivity index (χ4n) is 2.28. The quantitative estimate of drug-likeness (QED) is 0.628. The topological polar surface area (TPSA) is 12.0 Å². The lowest BCUT2D eigenvalue weighted by molar-refractivity contribution is 0.168. The number of nitrogens with one attached hydrogen (secondary N) is 1. The molecule has 0 aromatic carbocycles. The summed E-state index contributed by atoms with van der Waals surface area (Å²) in [5.41, 5.74) is 0. The van der Waals surface area contributed by atoms with E-state index in [0.29, 0.717) is 0 Å². The molecule has 0 aromatic heterocycles. The summed E-state index contributed by atoms with van der Waals surface area (Å²) in [5.74, 6) is 1.84. The van der Waals surface area contributed by atoms with Crippen LogP contribution in [-0.2, 0) is 0 Å². The first-order valence-corrected chi connectivity index (χ1v) is 4.93. The maximum absolute atomic E-state index is 3.55. The van der Waals surface area contributed by atoms with E-state index in [2.05, 4.69) is 36.5 Å². The maximum Gasteiger partial charge on any atom is 0.0139 e. The van der Waals surface area contributed by atoms with E-state index in [9.17, 15) is 0 Å². The molecule has 2 aliphatic rings. The lowest BCUT2D eigenvalue weighted by Crippen LogP contribution is -2.47. The molecule has 0 aliphatic heterocycles. The van der Waals surface area contributed by atoms with E-state index >= 15 is 0 Å². The van der Waals surface area contributed by atoms with Gasteiger partial charge in [-0.2, -0.15) is 0 Å². The van der Waals surface area contributed by atoms with Crippen molar-refractivity contribution in [2.24, 2.45) is 11.8 Å². The zero-order valence-corrected chi connectivity index (χ0v) is 7.66. The Hall–Kier alpha value is -0.560. The minimum absolute atomic E-state index is 0.768. The molecule has 2 rings (SSSR count). The minimum Gasteiger partial charge on any atom is -0.310 e. The number of fused-ring (bicyclic) bond motifs is 1.